The highest BCUT2D eigenvalue weighted by molar-refractivity contribution is 7.80. The Morgan fingerprint density at radius 2 is 1.81 bits per heavy atom. The zero-order chi connectivity index (χ0) is 12.0. The average Bonchev–Trinajstić information content (AvgIpc) is 2.31. The topological polar surface area (TPSA) is 3.24 Å². The minimum atomic E-state index is 0.592. The van der Waals surface area contributed by atoms with Crippen LogP contribution in [0.2, 0.25) is 0 Å². The first-order chi connectivity index (χ1) is 7.74. The summed E-state index contributed by atoms with van der Waals surface area (Å²) in [5.74, 6) is 1.54. The van der Waals surface area contributed by atoms with E-state index in [1.807, 2.05) is 0 Å². The molecule has 2 heteroatoms. The van der Waals surface area contributed by atoms with E-state index in [4.69, 9.17) is 0 Å². The number of thiol groups is 1. The molecule has 0 aliphatic heterocycles. The van der Waals surface area contributed by atoms with E-state index in [-0.39, 0.29) is 0 Å². The van der Waals surface area contributed by atoms with Crippen molar-refractivity contribution in [3.8, 4) is 0 Å². The zero-order valence-electron chi connectivity index (χ0n) is 10.6. The summed E-state index contributed by atoms with van der Waals surface area (Å²) in [6, 6.07) is 8.75. The maximum Gasteiger partial charge on any atom is 0.0401 e. The van der Waals surface area contributed by atoms with Crippen molar-refractivity contribution in [2.75, 3.05) is 23.7 Å². The molecular weight excluding hydrogens is 214 g/mol. The van der Waals surface area contributed by atoms with Crippen LogP contribution in [0.25, 0.3) is 0 Å². The van der Waals surface area contributed by atoms with Crippen molar-refractivity contribution in [1.82, 2.24) is 0 Å². The minimum Gasteiger partial charge on any atom is -0.372 e. The normalized spacial score (nSPS) is 12.5. The van der Waals surface area contributed by atoms with Gasteiger partial charge in [0.1, 0.15) is 0 Å². The summed E-state index contributed by atoms with van der Waals surface area (Å²) >= 11 is 4.33. The Bertz CT molecular complexity index is 307. The van der Waals surface area contributed by atoms with Crippen LogP contribution in [0.4, 0.5) is 5.69 Å². The van der Waals surface area contributed by atoms with Crippen molar-refractivity contribution in [3.63, 3.8) is 0 Å². The summed E-state index contributed by atoms with van der Waals surface area (Å²) in [6.07, 6.45) is 1.14. The van der Waals surface area contributed by atoms with E-state index in [1.54, 1.807) is 0 Å². The van der Waals surface area contributed by atoms with E-state index >= 15 is 0 Å². The molecule has 0 aliphatic rings. The first-order valence-corrected chi connectivity index (χ1v) is 6.82. The summed E-state index contributed by atoms with van der Waals surface area (Å²) < 4.78 is 0. The molecular formula is C14H23NS. The van der Waals surface area contributed by atoms with Gasteiger partial charge in [0.2, 0.25) is 0 Å². The first-order valence-electron chi connectivity index (χ1n) is 6.19. The monoisotopic (exact) mass is 237 g/mol. The molecule has 0 amide bonds. The Balaban J connectivity index is 2.98. The van der Waals surface area contributed by atoms with Crippen molar-refractivity contribution in [2.24, 2.45) is 0 Å². The summed E-state index contributed by atoms with van der Waals surface area (Å²) in [5, 5.41) is 0. The van der Waals surface area contributed by atoms with Crippen LogP contribution in [0.5, 0.6) is 0 Å². The second kappa shape index (κ2) is 6.85. The van der Waals surface area contributed by atoms with Crippen LogP contribution in [0, 0.1) is 0 Å². The molecule has 0 heterocycles. The second-order valence-corrected chi connectivity index (χ2v) is 4.59. The highest BCUT2D eigenvalue weighted by Crippen LogP contribution is 2.29. The molecule has 90 valence electrons. The van der Waals surface area contributed by atoms with E-state index in [9.17, 15) is 0 Å². The van der Waals surface area contributed by atoms with Gasteiger partial charge in [-0.1, -0.05) is 25.1 Å². The van der Waals surface area contributed by atoms with E-state index in [1.165, 1.54) is 11.3 Å². The smallest absolute Gasteiger partial charge is 0.0401 e. The third-order valence-corrected chi connectivity index (χ3v) is 3.39. The van der Waals surface area contributed by atoms with Crippen LogP contribution in [0.15, 0.2) is 24.3 Å². The van der Waals surface area contributed by atoms with Gasteiger partial charge in [-0.3, -0.25) is 0 Å². The van der Waals surface area contributed by atoms with Crippen LogP contribution < -0.4 is 4.90 Å². The van der Waals surface area contributed by atoms with Crippen molar-refractivity contribution in [3.05, 3.63) is 29.8 Å². The Morgan fingerprint density at radius 1 is 1.19 bits per heavy atom. The number of rotatable bonds is 6. The molecule has 1 aromatic rings. The number of anilines is 1. The third kappa shape index (κ3) is 3.18. The maximum absolute atomic E-state index is 4.33. The highest BCUT2D eigenvalue weighted by atomic mass is 32.1. The van der Waals surface area contributed by atoms with Crippen LogP contribution in [0.3, 0.4) is 0 Å². The molecule has 1 unspecified atom stereocenters. The number of para-hydroxylation sites is 1. The molecule has 0 aromatic heterocycles. The Hall–Kier alpha value is -0.630. The molecule has 1 atom stereocenters. The highest BCUT2D eigenvalue weighted by Gasteiger charge is 2.12. The predicted octanol–water partition coefficient (Wildman–Crippen LogP) is 3.96. The lowest BCUT2D eigenvalue weighted by atomic mass is 9.96. The molecule has 0 radical (unpaired) electrons. The van der Waals surface area contributed by atoms with Gasteiger partial charge in [0.25, 0.3) is 0 Å². The average molecular weight is 237 g/mol. The fourth-order valence-corrected chi connectivity index (χ4v) is 2.49. The van der Waals surface area contributed by atoms with Crippen molar-refractivity contribution < 1.29 is 0 Å². The molecule has 0 aliphatic carbocycles. The molecule has 0 spiro atoms. The SMILES string of the molecule is CCN(CC)c1ccccc1C(C)CCS. The number of benzene rings is 1. The Kier molecular flexibility index (Phi) is 5.75. The predicted molar refractivity (Wildman–Crippen MR) is 76.9 cm³/mol. The standard InChI is InChI=1S/C14H23NS/c1-4-15(5-2)14-9-7-6-8-13(14)12(3)10-11-16/h6-9,12,16H,4-5,10-11H2,1-3H3. The van der Waals surface area contributed by atoms with Crippen LogP contribution >= 0.6 is 12.6 Å². The Labute approximate surface area is 105 Å². The third-order valence-electron chi connectivity index (χ3n) is 3.13. The van der Waals surface area contributed by atoms with Gasteiger partial charge < -0.3 is 4.90 Å². The van der Waals surface area contributed by atoms with Gasteiger partial charge in [-0.05, 0) is 43.6 Å². The first kappa shape index (κ1) is 13.4. The van der Waals surface area contributed by atoms with Crippen molar-refractivity contribution >= 4 is 18.3 Å². The van der Waals surface area contributed by atoms with E-state index in [2.05, 4.69) is 62.6 Å². The fraction of sp³-hybridized carbons (Fsp3) is 0.571. The molecule has 16 heavy (non-hydrogen) atoms. The largest absolute Gasteiger partial charge is 0.372 e. The summed E-state index contributed by atoms with van der Waals surface area (Å²) in [7, 11) is 0. The second-order valence-electron chi connectivity index (χ2n) is 4.14. The molecule has 1 aromatic carbocycles. The van der Waals surface area contributed by atoms with Gasteiger partial charge in [0.05, 0.1) is 0 Å². The quantitative estimate of drug-likeness (QED) is 0.733. The van der Waals surface area contributed by atoms with E-state index in [0.717, 1.165) is 25.3 Å². The van der Waals surface area contributed by atoms with Gasteiger partial charge >= 0.3 is 0 Å². The molecule has 1 rings (SSSR count). The summed E-state index contributed by atoms with van der Waals surface area (Å²) in [5.41, 5.74) is 2.85. The number of hydrogen-bond donors (Lipinski definition) is 1. The van der Waals surface area contributed by atoms with Crippen LogP contribution in [0.1, 0.15) is 38.7 Å². The Morgan fingerprint density at radius 3 is 2.38 bits per heavy atom. The fourth-order valence-electron chi connectivity index (χ4n) is 2.11. The summed E-state index contributed by atoms with van der Waals surface area (Å²) in [6.45, 7) is 8.86. The van der Waals surface area contributed by atoms with Gasteiger partial charge in [-0.15, -0.1) is 0 Å². The maximum atomic E-state index is 4.33. The minimum absolute atomic E-state index is 0.592. The lowest BCUT2D eigenvalue weighted by Gasteiger charge is -2.26. The van der Waals surface area contributed by atoms with Crippen LogP contribution in [-0.2, 0) is 0 Å². The van der Waals surface area contributed by atoms with Crippen molar-refractivity contribution in [1.29, 1.82) is 0 Å². The summed E-state index contributed by atoms with van der Waals surface area (Å²) in [4.78, 5) is 2.42. The van der Waals surface area contributed by atoms with Gasteiger partial charge in [-0.2, -0.15) is 12.6 Å². The van der Waals surface area contributed by atoms with Gasteiger partial charge in [0.15, 0.2) is 0 Å². The number of nitrogens with zero attached hydrogens (tertiary/aromatic N) is 1. The lowest BCUT2D eigenvalue weighted by molar-refractivity contribution is 0.731. The van der Waals surface area contributed by atoms with E-state index in [0.29, 0.717) is 5.92 Å². The van der Waals surface area contributed by atoms with Gasteiger partial charge in [-0.25, -0.2) is 0 Å². The molecule has 0 saturated heterocycles. The molecule has 0 fully saturated rings. The van der Waals surface area contributed by atoms with Crippen molar-refractivity contribution in [2.45, 2.75) is 33.1 Å². The molecule has 0 saturated carbocycles. The van der Waals surface area contributed by atoms with E-state index < -0.39 is 0 Å². The van der Waals surface area contributed by atoms with Crippen LogP contribution in [-0.4, -0.2) is 18.8 Å². The lowest BCUT2D eigenvalue weighted by Crippen LogP contribution is -2.23. The zero-order valence-corrected chi connectivity index (χ0v) is 11.5. The molecule has 0 bridgehead atoms. The molecule has 1 nitrogen and oxygen atoms in total. The molecule has 0 N–H and O–H groups in total. The number of hydrogen-bond acceptors (Lipinski definition) is 2. The van der Waals surface area contributed by atoms with Gasteiger partial charge in [0, 0.05) is 18.8 Å².